The summed E-state index contributed by atoms with van der Waals surface area (Å²) in [4.78, 5) is 10.3. The van der Waals surface area contributed by atoms with Gasteiger partial charge in [0.1, 0.15) is 12.0 Å². The summed E-state index contributed by atoms with van der Waals surface area (Å²) in [6.07, 6.45) is -0.274. The van der Waals surface area contributed by atoms with Gasteiger partial charge in [-0.15, -0.1) is 0 Å². The fourth-order valence-electron chi connectivity index (χ4n) is 6.71. The lowest BCUT2D eigenvalue weighted by Gasteiger charge is -2.24. The van der Waals surface area contributed by atoms with Crippen LogP contribution in [-0.4, -0.2) is 16.2 Å². The zero-order valence-electron chi connectivity index (χ0n) is 25.6. The second-order valence-electron chi connectivity index (χ2n) is 11.9. The third kappa shape index (κ3) is 4.88. The quantitative estimate of drug-likeness (QED) is 0.209. The highest BCUT2D eigenvalue weighted by atomic mass is 15.2. The maximum atomic E-state index is 5.18. The summed E-state index contributed by atoms with van der Waals surface area (Å²) in [5.74, 6) is 1.51. The molecule has 0 aliphatic carbocycles. The molecule has 0 amide bonds. The van der Waals surface area contributed by atoms with Crippen molar-refractivity contribution in [3.05, 3.63) is 187 Å². The highest BCUT2D eigenvalue weighted by Gasteiger charge is 2.22. The van der Waals surface area contributed by atoms with Crippen LogP contribution in [0.1, 0.15) is 22.9 Å². The SMILES string of the molecule is c1ccc(-c2cccc(C3=NC(c4ccccc4)NC(c4ccc5c(c4)c4cc6ccccc6cc4n5-c4ccccc4)=N3)c2)cc1. The molecule has 0 saturated carbocycles. The van der Waals surface area contributed by atoms with Crippen molar-refractivity contribution in [1.29, 1.82) is 0 Å². The van der Waals surface area contributed by atoms with Gasteiger partial charge < -0.3 is 9.88 Å². The molecule has 1 aromatic heterocycles. The fraction of sp³-hybridized carbons (Fsp3) is 0.0233. The number of aliphatic imine (C=N–C) groups is 2. The van der Waals surface area contributed by atoms with Crippen LogP contribution in [0.3, 0.4) is 0 Å². The zero-order chi connectivity index (χ0) is 31.2. The lowest BCUT2D eigenvalue weighted by molar-refractivity contribution is 0.674. The fourth-order valence-corrected chi connectivity index (χ4v) is 6.71. The molecule has 0 radical (unpaired) electrons. The van der Waals surface area contributed by atoms with Crippen LogP contribution >= 0.6 is 0 Å². The first-order chi connectivity index (χ1) is 23.3. The van der Waals surface area contributed by atoms with E-state index in [1.54, 1.807) is 0 Å². The molecule has 222 valence electrons. The van der Waals surface area contributed by atoms with Gasteiger partial charge in [-0.05, 0) is 76.0 Å². The minimum Gasteiger partial charge on any atom is -0.344 e. The van der Waals surface area contributed by atoms with Crippen LogP contribution in [0, 0.1) is 0 Å². The van der Waals surface area contributed by atoms with Crippen LogP contribution in [0.5, 0.6) is 0 Å². The van der Waals surface area contributed by atoms with Crippen LogP contribution in [0.25, 0.3) is 49.4 Å². The Hall–Kier alpha value is -6.26. The number of rotatable bonds is 5. The highest BCUT2D eigenvalue weighted by molar-refractivity contribution is 6.18. The molecule has 1 unspecified atom stereocenters. The molecule has 4 heteroatoms. The predicted molar refractivity (Wildman–Crippen MR) is 196 cm³/mol. The first-order valence-corrected chi connectivity index (χ1v) is 16.0. The van der Waals surface area contributed by atoms with Gasteiger partial charge in [-0.25, -0.2) is 9.98 Å². The highest BCUT2D eigenvalue weighted by Crippen LogP contribution is 2.36. The van der Waals surface area contributed by atoms with Crippen LogP contribution in [0.15, 0.2) is 180 Å². The van der Waals surface area contributed by atoms with Crippen molar-refractivity contribution in [2.24, 2.45) is 9.98 Å². The largest absolute Gasteiger partial charge is 0.344 e. The Kier molecular flexibility index (Phi) is 6.50. The number of aromatic nitrogens is 1. The van der Waals surface area contributed by atoms with Gasteiger partial charge in [0.2, 0.25) is 0 Å². The van der Waals surface area contributed by atoms with E-state index in [-0.39, 0.29) is 6.17 Å². The Bertz CT molecular complexity index is 2480. The molecule has 2 heterocycles. The van der Waals surface area contributed by atoms with E-state index in [9.17, 15) is 0 Å². The predicted octanol–water partition coefficient (Wildman–Crippen LogP) is 10.1. The molecule has 0 fully saturated rings. The second-order valence-corrected chi connectivity index (χ2v) is 11.9. The summed E-state index contributed by atoms with van der Waals surface area (Å²) < 4.78 is 2.37. The topological polar surface area (TPSA) is 41.7 Å². The summed E-state index contributed by atoms with van der Waals surface area (Å²) in [5, 5.41) is 8.51. The summed E-state index contributed by atoms with van der Waals surface area (Å²) in [7, 11) is 0. The normalized spacial score (nSPS) is 14.6. The van der Waals surface area contributed by atoms with Crippen molar-refractivity contribution < 1.29 is 0 Å². The first kappa shape index (κ1) is 27.1. The van der Waals surface area contributed by atoms with Gasteiger partial charge in [0.05, 0.1) is 11.0 Å². The smallest absolute Gasteiger partial charge is 0.159 e. The molecular weight excluding hydrogens is 573 g/mol. The lowest BCUT2D eigenvalue weighted by Crippen LogP contribution is -2.33. The number of benzene rings is 7. The van der Waals surface area contributed by atoms with Gasteiger partial charge in [-0.3, -0.25) is 0 Å². The zero-order valence-corrected chi connectivity index (χ0v) is 25.6. The Balaban J connectivity index is 1.22. The van der Waals surface area contributed by atoms with Crippen LogP contribution in [0.4, 0.5) is 0 Å². The van der Waals surface area contributed by atoms with Crippen LogP contribution < -0.4 is 5.32 Å². The molecule has 7 aromatic carbocycles. The molecule has 0 bridgehead atoms. The Labute approximate surface area is 273 Å². The standard InChI is InChI=1S/C43H30N4/c1-4-13-29(14-5-1)31-19-12-20-34(25-31)42-44-41(30-15-6-2-7-16-30)45-43(46-42)35-23-24-39-37(27-35)38-26-32-17-10-11-18-33(32)28-40(38)47(39)36-21-8-3-9-22-36/h1-28,41H,(H,44,45,46). The maximum Gasteiger partial charge on any atom is 0.159 e. The Morgan fingerprint density at radius 3 is 1.89 bits per heavy atom. The molecule has 1 atom stereocenters. The van der Waals surface area contributed by atoms with Gasteiger partial charge in [0.15, 0.2) is 5.84 Å². The molecule has 1 aliphatic heterocycles. The Morgan fingerprint density at radius 2 is 1.11 bits per heavy atom. The molecule has 8 aromatic rings. The number of hydrogen-bond donors (Lipinski definition) is 1. The summed E-state index contributed by atoms with van der Waals surface area (Å²) in [6, 6.07) is 59.8. The number of amidine groups is 2. The summed E-state index contributed by atoms with van der Waals surface area (Å²) in [5.41, 5.74) is 8.88. The van der Waals surface area contributed by atoms with Gasteiger partial charge >= 0.3 is 0 Å². The second kappa shape index (κ2) is 11.3. The van der Waals surface area contributed by atoms with E-state index < -0.39 is 0 Å². The molecule has 9 rings (SSSR count). The molecule has 1 N–H and O–H groups in total. The van der Waals surface area contributed by atoms with E-state index >= 15 is 0 Å². The summed E-state index contributed by atoms with van der Waals surface area (Å²) in [6.45, 7) is 0. The van der Waals surface area contributed by atoms with Crippen LogP contribution in [0.2, 0.25) is 0 Å². The van der Waals surface area contributed by atoms with Gasteiger partial charge in [0.25, 0.3) is 0 Å². The number of nitrogens with zero attached hydrogens (tertiary/aromatic N) is 3. The lowest BCUT2D eigenvalue weighted by atomic mass is 10.0. The van der Waals surface area contributed by atoms with Crippen molar-refractivity contribution in [1.82, 2.24) is 9.88 Å². The number of hydrogen-bond acceptors (Lipinski definition) is 3. The summed E-state index contributed by atoms with van der Waals surface area (Å²) >= 11 is 0. The van der Waals surface area contributed by atoms with E-state index in [1.807, 2.05) is 12.1 Å². The van der Waals surface area contributed by atoms with Gasteiger partial charge in [0, 0.05) is 27.6 Å². The maximum absolute atomic E-state index is 5.18. The molecule has 4 nitrogen and oxygen atoms in total. The van der Waals surface area contributed by atoms with E-state index in [1.165, 1.54) is 32.6 Å². The Morgan fingerprint density at radius 1 is 0.468 bits per heavy atom. The monoisotopic (exact) mass is 602 g/mol. The third-order valence-corrected chi connectivity index (χ3v) is 9.01. The number of para-hydroxylation sites is 1. The van der Waals surface area contributed by atoms with E-state index in [2.05, 4.69) is 168 Å². The van der Waals surface area contributed by atoms with Crippen molar-refractivity contribution in [3.63, 3.8) is 0 Å². The van der Waals surface area contributed by atoms with Crippen molar-refractivity contribution in [2.45, 2.75) is 6.17 Å². The number of nitrogens with one attached hydrogen (secondary N) is 1. The third-order valence-electron chi connectivity index (χ3n) is 9.01. The van der Waals surface area contributed by atoms with E-state index in [0.717, 1.165) is 39.3 Å². The van der Waals surface area contributed by atoms with Crippen molar-refractivity contribution >= 4 is 44.2 Å². The molecule has 0 saturated heterocycles. The van der Waals surface area contributed by atoms with Gasteiger partial charge in [-0.1, -0.05) is 121 Å². The molecule has 47 heavy (non-hydrogen) atoms. The van der Waals surface area contributed by atoms with Crippen molar-refractivity contribution in [3.8, 4) is 16.8 Å². The van der Waals surface area contributed by atoms with Crippen molar-refractivity contribution in [2.75, 3.05) is 0 Å². The molecular formula is C43H30N4. The van der Waals surface area contributed by atoms with E-state index in [4.69, 9.17) is 9.98 Å². The molecule has 0 spiro atoms. The van der Waals surface area contributed by atoms with E-state index in [0.29, 0.717) is 5.84 Å². The van der Waals surface area contributed by atoms with Crippen LogP contribution in [-0.2, 0) is 0 Å². The first-order valence-electron chi connectivity index (χ1n) is 16.0. The minimum absolute atomic E-state index is 0.274. The average Bonchev–Trinajstić information content (AvgIpc) is 3.47. The molecule has 1 aliphatic rings. The number of fused-ring (bicyclic) bond motifs is 4. The average molecular weight is 603 g/mol. The minimum atomic E-state index is -0.274. The van der Waals surface area contributed by atoms with Gasteiger partial charge in [-0.2, -0.15) is 0 Å².